The molecule has 2 saturated heterocycles. The summed E-state index contributed by atoms with van der Waals surface area (Å²) in [5, 5.41) is 6.31. The lowest BCUT2D eigenvalue weighted by atomic mass is 10.2. The van der Waals surface area contributed by atoms with Crippen LogP contribution in [0.25, 0.3) is 0 Å². The Balaban J connectivity index is 1.80. The van der Waals surface area contributed by atoms with Gasteiger partial charge in [0.1, 0.15) is 0 Å². The van der Waals surface area contributed by atoms with Crippen LogP contribution in [0.3, 0.4) is 0 Å². The third-order valence-corrected chi connectivity index (χ3v) is 6.06. The highest BCUT2D eigenvalue weighted by Gasteiger charge is 2.29. The van der Waals surface area contributed by atoms with Crippen LogP contribution < -0.4 is 10.6 Å². The number of amides is 1. The molecule has 2 aliphatic rings. The molecule has 0 aromatic heterocycles. The lowest BCUT2D eigenvalue weighted by molar-refractivity contribution is -0.123. The van der Waals surface area contributed by atoms with Crippen molar-refractivity contribution >= 4 is 15.7 Å². The van der Waals surface area contributed by atoms with E-state index in [-0.39, 0.29) is 23.5 Å². The molecule has 2 heterocycles. The van der Waals surface area contributed by atoms with Crippen molar-refractivity contribution in [2.75, 3.05) is 31.1 Å². The minimum Gasteiger partial charge on any atom is -0.351 e. The second-order valence-electron chi connectivity index (χ2n) is 6.48. The van der Waals surface area contributed by atoms with Crippen LogP contribution in [0.5, 0.6) is 0 Å². The molecule has 2 unspecified atom stereocenters. The highest BCUT2D eigenvalue weighted by molar-refractivity contribution is 7.91. The molecular weight excluding hydrogens is 290 g/mol. The van der Waals surface area contributed by atoms with E-state index in [4.69, 9.17) is 0 Å². The Hall–Kier alpha value is -0.660. The number of rotatable bonds is 6. The van der Waals surface area contributed by atoms with Gasteiger partial charge in [0, 0.05) is 24.7 Å². The molecule has 0 radical (unpaired) electrons. The number of hydrogen-bond acceptors (Lipinski definition) is 5. The van der Waals surface area contributed by atoms with Crippen molar-refractivity contribution < 1.29 is 13.2 Å². The van der Waals surface area contributed by atoms with Crippen LogP contribution in [0.2, 0.25) is 0 Å². The van der Waals surface area contributed by atoms with E-state index in [1.807, 2.05) is 0 Å². The van der Waals surface area contributed by atoms with Gasteiger partial charge in [-0.15, -0.1) is 0 Å². The Morgan fingerprint density at radius 2 is 2.14 bits per heavy atom. The van der Waals surface area contributed by atoms with E-state index in [0.717, 1.165) is 19.5 Å². The molecule has 0 aromatic carbocycles. The van der Waals surface area contributed by atoms with Crippen molar-refractivity contribution in [3.8, 4) is 0 Å². The molecule has 0 spiro atoms. The number of carbonyl (C=O) groups excluding carboxylic acids is 1. The average Bonchev–Trinajstić information content (AvgIpc) is 2.98. The molecule has 2 N–H and O–H groups in total. The van der Waals surface area contributed by atoms with Crippen molar-refractivity contribution in [3.63, 3.8) is 0 Å². The molecule has 0 saturated carbocycles. The van der Waals surface area contributed by atoms with Crippen LogP contribution >= 0.6 is 0 Å². The number of nitrogens with one attached hydrogen (secondary N) is 2. The first kappa shape index (κ1) is 16.7. The highest BCUT2D eigenvalue weighted by Crippen LogP contribution is 2.12. The van der Waals surface area contributed by atoms with Gasteiger partial charge in [0.05, 0.1) is 18.1 Å². The van der Waals surface area contributed by atoms with Gasteiger partial charge in [0.25, 0.3) is 0 Å². The van der Waals surface area contributed by atoms with Gasteiger partial charge in [0.15, 0.2) is 9.84 Å². The molecule has 6 nitrogen and oxygen atoms in total. The van der Waals surface area contributed by atoms with Crippen LogP contribution in [0.15, 0.2) is 0 Å². The molecule has 0 aliphatic carbocycles. The fraction of sp³-hybridized carbons (Fsp3) is 0.929. The average molecular weight is 317 g/mol. The van der Waals surface area contributed by atoms with Gasteiger partial charge in [-0.05, 0) is 39.7 Å². The van der Waals surface area contributed by atoms with E-state index in [9.17, 15) is 13.2 Å². The maximum atomic E-state index is 12.1. The minimum atomic E-state index is -2.94. The maximum absolute atomic E-state index is 12.1. The van der Waals surface area contributed by atoms with Gasteiger partial charge in [0.2, 0.25) is 5.91 Å². The predicted octanol–water partition coefficient (Wildman–Crippen LogP) is -0.248. The summed E-state index contributed by atoms with van der Waals surface area (Å²) < 4.78 is 22.8. The first-order chi connectivity index (χ1) is 9.85. The monoisotopic (exact) mass is 317 g/mol. The van der Waals surface area contributed by atoms with Crippen molar-refractivity contribution in [2.45, 2.75) is 51.2 Å². The van der Waals surface area contributed by atoms with Gasteiger partial charge in [-0.1, -0.05) is 0 Å². The van der Waals surface area contributed by atoms with Crippen LogP contribution in [0.1, 0.15) is 33.1 Å². The molecule has 2 rings (SSSR count). The van der Waals surface area contributed by atoms with E-state index < -0.39 is 9.84 Å². The van der Waals surface area contributed by atoms with Gasteiger partial charge in [-0.25, -0.2) is 8.42 Å². The molecule has 0 aromatic rings. The van der Waals surface area contributed by atoms with Crippen LogP contribution in [-0.2, 0) is 14.6 Å². The summed E-state index contributed by atoms with van der Waals surface area (Å²) in [6, 6.07) is 0.554. The van der Waals surface area contributed by atoms with Crippen LogP contribution in [0.4, 0.5) is 0 Å². The number of sulfone groups is 1. The summed E-state index contributed by atoms with van der Waals surface area (Å²) in [4.78, 5) is 14.3. The third-order valence-electron chi connectivity index (χ3n) is 4.29. The molecule has 2 atom stereocenters. The molecule has 2 fully saturated rings. The molecule has 7 heteroatoms. The summed E-state index contributed by atoms with van der Waals surface area (Å²) in [7, 11) is -2.94. The van der Waals surface area contributed by atoms with Crippen molar-refractivity contribution in [3.05, 3.63) is 0 Å². The van der Waals surface area contributed by atoms with Crippen LogP contribution in [0, 0.1) is 0 Å². The first-order valence-corrected chi connectivity index (χ1v) is 9.65. The second kappa shape index (κ2) is 7.07. The third kappa shape index (κ3) is 5.23. The van der Waals surface area contributed by atoms with E-state index in [2.05, 4.69) is 29.4 Å². The number of nitrogens with zero attached hydrogens (tertiary/aromatic N) is 1. The van der Waals surface area contributed by atoms with Crippen LogP contribution in [-0.4, -0.2) is 68.5 Å². The summed E-state index contributed by atoms with van der Waals surface area (Å²) in [5.74, 6) is 0.214. The van der Waals surface area contributed by atoms with Crippen molar-refractivity contribution in [2.24, 2.45) is 0 Å². The molecule has 21 heavy (non-hydrogen) atoms. The van der Waals surface area contributed by atoms with Crippen molar-refractivity contribution in [1.82, 2.24) is 15.5 Å². The Morgan fingerprint density at radius 1 is 1.38 bits per heavy atom. The quantitative estimate of drug-likeness (QED) is 0.706. The SMILES string of the molecule is CC(C)N(CC(=O)NC1CCS(=O)(=O)C1)CC1CCCN1. The predicted molar refractivity (Wildman–Crippen MR) is 82.9 cm³/mol. The first-order valence-electron chi connectivity index (χ1n) is 7.83. The Labute approximate surface area is 127 Å². The van der Waals surface area contributed by atoms with Gasteiger partial charge < -0.3 is 10.6 Å². The smallest absolute Gasteiger partial charge is 0.234 e. The molecule has 2 aliphatic heterocycles. The largest absolute Gasteiger partial charge is 0.351 e. The maximum Gasteiger partial charge on any atom is 0.234 e. The van der Waals surface area contributed by atoms with Gasteiger partial charge >= 0.3 is 0 Å². The van der Waals surface area contributed by atoms with E-state index >= 15 is 0 Å². The summed E-state index contributed by atoms with van der Waals surface area (Å²) in [6.45, 7) is 6.44. The highest BCUT2D eigenvalue weighted by atomic mass is 32.2. The van der Waals surface area contributed by atoms with Gasteiger partial charge in [-0.3, -0.25) is 9.69 Å². The fourth-order valence-corrected chi connectivity index (χ4v) is 4.69. The van der Waals surface area contributed by atoms with E-state index in [1.165, 1.54) is 6.42 Å². The number of hydrogen-bond donors (Lipinski definition) is 2. The number of carbonyl (C=O) groups is 1. The summed E-state index contributed by atoms with van der Waals surface area (Å²) in [6.07, 6.45) is 2.90. The minimum absolute atomic E-state index is 0.0659. The lowest BCUT2D eigenvalue weighted by Gasteiger charge is -2.29. The molecule has 122 valence electrons. The second-order valence-corrected chi connectivity index (χ2v) is 8.71. The summed E-state index contributed by atoms with van der Waals surface area (Å²) >= 11 is 0. The lowest BCUT2D eigenvalue weighted by Crippen LogP contribution is -2.48. The zero-order chi connectivity index (χ0) is 15.5. The van der Waals surface area contributed by atoms with E-state index in [0.29, 0.717) is 25.0 Å². The Morgan fingerprint density at radius 3 is 2.67 bits per heavy atom. The van der Waals surface area contributed by atoms with Gasteiger partial charge in [-0.2, -0.15) is 0 Å². The summed E-state index contributed by atoms with van der Waals surface area (Å²) in [5.41, 5.74) is 0. The molecular formula is C14H27N3O3S. The Bertz CT molecular complexity index is 458. The Kier molecular flexibility index (Phi) is 5.62. The standard InChI is InChI=1S/C14H27N3O3S/c1-11(2)17(8-12-4-3-6-15-12)9-14(18)16-13-5-7-21(19,20)10-13/h11-13,15H,3-10H2,1-2H3,(H,16,18). The fourth-order valence-electron chi connectivity index (χ4n) is 3.02. The topological polar surface area (TPSA) is 78.5 Å². The zero-order valence-corrected chi connectivity index (χ0v) is 13.8. The molecule has 0 bridgehead atoms. The molecule has 1 amide bonds. The van der Waals surface area contributed by atoms with Crippen molar-refractivity contribution in [1.29, 1.82) is 0 Å². The zero-order valence-electron chi connectivity index (χ0n) is 13.0. The van der Waals surface area contributed by atoms with E-state index in [1.54, 1.807) is 0 Å². The normalized spacial score (nSPS) is 28.4.